The normalized spacial score (nSPS) is 14.3. The number of anilines is 1. The number of piperidine rings is 1. The van der Waals surface area contributed by atoms with Crippen LogP contribution in [0.25, 0.3) is 16.6 Å². The van der Waals surface area contributed by atoms with Crippen LogP contribution in [0.4, 0.5) is 11.4 Å². The van der Waals surface area contributed by atoms with E-state index < -0.39 is 0 Å². The van der Waals surface area contributed by atoms with Gasteiger partial charge in [0.2, 0.25) is 11.8 Å². The lowest BCUT2D eigenvalue weighted by atomic mass is 10.0. The topological polar surface area (TPSA) is 130 Å². The smallest absolute Gasteiger partial charge is 0.245 e. The molecule has 1 fully saturated rings. The highest BCUT2D eigenvalue weighted by Crippen LogP contribution is 2.32. The van der Waals surface area contributed by atoms with Crippen LogP contribution in [-0.4, -0.2) is 62.6 Å². The van der Waals surface area contributed by atoms with E-state index in [9.17, 15) is 9.90 Å². The Bertz CT molecular complexity index is 1570. The summed E-state index contributed by atoms with van der Waals surface area (Å²) in [5.74, 6) is 0.994. The van der Waals surface area contributed by atoms with E-state index >= 15 is 0 Å². The zero-order valence-corrected chi connectivity index (χ0v) is 22.7. The van der Waals surface area contributed by atoms with Gasteiger partial charge in [-0.15, -0.1) is 0 Å². The number of likely N-dealkylation sites (tertiary alicyclic amines) is 1. The zero-order chi connectivity index (χ0) is 28.2. The number of benzene rings is 1. The van der Waals surface area contributed by atoms with E-state index in [1.165, 1.54) is 6.08 Å². The lowest BCUT2D eigenvalue weighted by molar-refractivity contribution is -0.126. The van der Waals surface area contributed by atoms with Crippen molar-refractivity contribution in [2.45, 2.75) is 32.2 Å². The molecule has 0 unspecified atom stereocenters. The van der Waals surface area contributed by atoms with Gasteiger partial charge in [0.25, 0.3) is 0 Å². The van der Waals surface area contributed by atoms with Gasteiger partial charge in [-0.2, -0.15) is 5.10 Å². The van der Waals surface area contributed by atoms with Crippen LogP contribution in [0.15, 0.2) is 72.6 Å². The SMILES string of the molecule is C=CC(=O)N1CCC(Nc2c(C(N)=Nc3ccc(O)cc3CC)cnn3cc(-c4ccc(OC)nc4)cc23)CC1. The Labute approximate surface area is 232 Å². The first-order valence-electron chi connectivity index (χ1n) is 13.3. The monoisotopic (exact) mass is 539 g/mol. The van der Waals surface area contributed by atoms with Gasteiger partial charge < -0.3 is 25.8 Å². The van der Waals surface area contributed by atoms with Gasteiger partial charge >= 0.3 is 0 Å². The van der Waals surface area contributed by atoms with E-state index in [0.29, 0.717) is 42.5 Å². The molecule has 10 heteroatoms. The molecule has 0 aliphatic carbocycles. The van der Waals surface area contributed by atoms with Gasteiger partial charge in [0.15, 0.2) is 0 Å². The summed E-state index contributed by atoms with van der Waals surface area (Å²) in [6.45, 7) is 6.89. The van der Waals surface area contributed by atoms with Crippen molar-refractivity contribution in [2.75, 3.05) is 25.5 Å². The third-order valence-electron chi connectivity index (χ3n) is 7.21. The van der Waals surface area contributed by atoms with Crippen LogP contribution in [-0.2, 0) is 11.2 Å². The van der Waals surface area contributed by atoms with Crippen LogP contribution >= 0.6 is 0 Å². The molecule has 10 nitrogen and oxygen atoms in total. The Morgan fingerprint density at radius 3 is 2.70 bits per heavy atom. The van der Waals surface area contributed by atoms with Crippen molar-refractivity contribution in [3.8, 4) is 22.8 Å². The number of aliphatic imine (C=N–C) groups is 1. The van der Waals surface area contributed by atoms with E-state index in [1.807, 2.05) is 40.7 Å². The van der Waals surface area contributed by atoms with Crippen LogP contribution in [0.5, 0.6) is 11.6 Å². The molecule has 4 aromatic rings. The minimum absolute atomic E-state index is 0.0493. The summed E-state index contributed by atoms with van der Waals surface area (Å²) < 4.78 is 7.01. The Hall–Kier alpha value is -4.86. The number of amidine groups is 1. The van der Waals surface area contributed by atoms with Crippen LogP contribution in [0.3, 0.4) is 0 Å². The highest BCUT2D eigenvalue weighted by molar-refractivity contribution is 6.06. The fourth-order valence-corrected chi connectivity index (χ4v) is 4.96. The second-order valence-corrected chi connectivity index (χ2v) is 9.69. The first kappa shape index (κ1) is 26.7. The number of aryl methyl sites for hydroxylation is 1. The molecule has 0 saturated carbocycles. The maximum absolute atomic E-state index is 12.1. The molecule has 5 rings (SSSR count). The summed E-state index contributed by atoms with van der Waals surface area (Å²) >= 11 is 0. The number of hydrogen-bond donors (Lipinski definition) is 3. The van der Waals surface area contributed by atoms with E-state index in [1.54, 1.807) is 37.7 Å². The molecule has 206 valence electrons. The summed E-state index contributed by atoms with van der Waals surface area (Å²) in [6, 6.07) is 11.0. The third-order valence-corrected chi connectivity index (χ3v) is 7.21. The average Bonchev–Trinajstić information content (AvgIpc) is 3.43. The number of rotatable bonds is 8. The van der Waals surface area contributed by atoms with E-state index in [0.717, 1.165) is 40.7 Å². The van der Waals surface area contributed by atoms with Gasteiger partial charge in [-0.1, -0.05) is 13.5 Å². The molecule has 1 aliphatic heterocycles. The highest BCUT2D eigenvalue weighted by atomic mass is 16.5. The molecule has 0 atom stereocenters. The molecule has 1 amide bonds. The molecule has 1 saturated heterocycles. The van der Waals surface area contributed by atoms with Gasteiger partial charge in [0, 0.05) is 48.7 Å². The Balaban J connectivity index is 1.55. The number of aromatic hydroxyl groups is 1. The van der Waals surface area contributed by atoms with Crippen molar-refractivity contribution >= 4 is 28.6 Å². The molecule has 1 aromatic carbocycles. The fraction of sp³-hybridized carbons (Fsp3) is 0.267. The number of amides is 1. The molecular formula is C30H33N7O3. The summed E-state index contributed by atoms with van der Waals surface area (Å²) in [4.78, 5) is 23.0. The molecule has 40 heavy (non-hydrogen) atoms. The van der Waals surface area contributed by atoms with Crippen molar-refractivity contribution < 1.29 is 14.6 Å². The van der Waals surface area contributed by atoms with Gasteiger partial charge in [-0.25, -0.2) is 14.5 Å². The van der Waals surface area contributed by atoms with Crippen LogP contribution in [0.2, 0.25) is 0 Å². The Morgan fingerprint density at radius 1 is 1.23 bits per heavy atom. The quantitative estimate of drug-likeness (QED) is 0.173. The number of carbonyl (C=O) groups excluding carboxylic acids is 1. The lowest BCUT2D eigenvalue weighted by Gasteiger charge is -2.32. The maximum atomic E-state index is 12.1. The number of nitrogens with two attached hydrogens (primary N) is 1. The van der Waals surface area contributed by atoms with Crippen molar-refractivity contribution in [3.63, 3.8) is 0 Å². The number of fused-ring (bicyclic) bond motifs is 1. The van der Waals surface area contributed by atoms with Crippen molar-refractivity contribution in [1.82, 2.24) is 19.5 Å². The number of carbonyl (C=O) groups is 1. The van der Waals surface area contributed by atoms with Crippen molar-refractivity contribution in [3.05, 3.63) is 78.8 Å². The van der Waals surface area contributed by atoms with Crippen LogP contribution < -0.4 is 15.8 Å². The second kappa shape index (κ2) is 11.5. The minimum Gasteiger partial charge on any atom is -0.508 e. The van der Waals surface area contributed by atoms with Crippen LogP contribution in [0.1, 0.15) is 30.9 Å². The van der Waals surface area contributed by atoms with Gasteiger partial charge in [-0.3, -0.25) is 4.79 Å². The number of nitrogens with zero attached hydrogens (tertiary/aromatic N) is 5. The number of ether oxygens (including phenoxy) is 1. The number of phenolic OH excluding ortho intramolecular Hbond substituents is 1. The molecule has 4 heterocycles. The third kappa shape index (κ3) is 5.47. The van der Waals surface area contributed by atoms with Crippen molar-refractivity contribution in [1.29, 1.82) is 0 Å². The predicted octanol–water partition coefficient (Wildman–Crippen LogP) is 4.30. The number of methoxy groups -OCH3 is 1. The largest absolute Gasteiger partial charge is 0.508 e. The first-order valence-corrected chi connectivity index (χ1v) is 13.3. The second-order valence-electron chi connectivity index (χ2n) is 9.69. The highest BCUT2D eigenvalue weighted by Gasteiger charge is 2.24. The summed E-state index contributed by atoms with van der Waals surface area (Å²) in [6.07, 6.45) is 9.04. The molecule has 0 bridgehead atoms. The molecular weight excluding hydrogens is 506 g/mol. The molecule has 0 spiro atoms. The minimum atomic E-state index is -0.0493. The number of nitrogens with one attached hydrogen (secondary N) is 1. The first-order chi connectivity index (χ1) is 19.4. The molecule has 4 N–H and O–H groups in total. The van der Waals surface area contributed by atoms with E-state index in [4.69, 9.17) is 15.5 Å². The fourth-order valence-electron chi connectivity index (χ4n) is 4.96. The van der Waals surface area contributed by atoms with Gasteiger partial charge in [0.05, 0.1) is 35.8 Å². The Kier molecular flexibility index (Phi) is 7.68. The molecule has 0 radical (unpaired) electrons. The summed E-state index contributed by atoms with van der Waals surface area (Å²) in [5, 5.41) is 18.3. The summed E-state index contributed by atoms with van der Waals surface area (Å²) in [5.41, 5.74) is 12.4. The lowest BCUT2D eigenvalue weighted by Crippen LogP contribution is -2.42. The number of phenols is 1. The average molecular weight is 540 g/mol. The van der Waals surface area contributed by atoms with Crippen LogP contribution in [0, 0.1) is 0 Å². The number of hydrogen-bond acceptors (Lipinski definition) is 7. The van der Waals surface area contributed by atoms with Gasteiger partial charge in [-0.05, 0) is 61.2 Å². The summed E-state index contributed by atoms with van der Waals surface area (Å²) in [7, 11) is 1.59. The van der Waals surface area contributed by atoms with Crippen molar-refractivity contribution in [2.24, 2.45) is 10.7 Å². The molecule has 3 aromatic heterocycles. The van der Waals surface area contributed by atoms with Gasteiger partial charge in [0.1, 0.15) is 11.6 Å². The molecule has 1 aliphatic rings. The maximum Gasteiger partial charge on any atom is 0.245 e. The van der Waals surface area contributed by atoms with E-state index in [-0.39, 0.29) is 17.7 Å². The number of aromatic nitrogens is 3. The zero-order valence-electron chi connectivity index (χ0n) is 22.7. The Morgan fingerprint density at radius 2 is 2.02 bits per heavy atom. The predicted molar refractivity (Wildman–Crippen MR) is 156 cm³/mol. The number of pyridine rings is 1. The standard InChI is InChI=1S/C30H33N7O3/c1-4-19-14-23(38)7-8-25(19)35-30(31)24-17-33-37-18-21(20-6-9-27(40-3)32-16-20)15-26(37)29(24)34-22-10-12-36(13-11-22)28(39)5-2/h5-9,14-18,22,34,38H,2,4,10-13H2,1,3H3,(H2,31,35). The van der Waals surface area contributed by atoms with E-state index in [2.05, 4.69) is 22.0 Å².